The summed E-state index contributed by atoms with van der Waals surface area (Å²) in [5, 5.41) is 3.07. The highest BCUT2D eigenvalue weighted by atomic mass is 79.9. The zero-order valence-electron chi connectivity index (χ0n) is 10.5. The van der Waals surface area contributed by atoms with E-state index in [1.54, 1.807) is 12.1 Å². The van der Waals surface area contributed by atoms with Crippen LogP contribution in [-0.2, 0) is 6.54 Å². The molecule has 2 aromatic rings. The molecule has 0 atom stereocenters. The molecule has 20 heavy (non-hydrogen) atoms. The number of pyridine rings is 1. The van der Waals surface area contributed by atoms with E-state index in [9.17, 15) is 4.39 Å². The number of hydrogen-bond donors (Lipinski definition) is 1. The molecule has 1 N–H and O–H groups in total. The third-order valence-electron chi connectivity index (χ3n) is 2.85. The predicted octanol–water partition coefficient (Wildman–Crippen LogP) is 3.37. The molecule has 1 aromatic heterocycles. The van der Waals surface area contributed by atoms with Gasteiger partial charge in [0.05, 0.1) is 4.47 Å². The number of halogens is 2. The van der Waals surface area contributed by atoms with Gasteiger partial charge in [0, 0.05) is 6.54 Å². The Labute approximate surface area is 124 Å². The van der Waals surface area contributed by atoms with Gasteiger partial charge in [0.2, 0.25) is 5.95 Å². The van der Waals surface area contributed by atoms with Crippen molar-refractivity contribution in [1.82, 2.24) is 4.98 Å². The summed E-state index contributed by atoms with van der Waals surface area (Å²) in [6.45, 7) is 1.61. The Morgan fingerprint density at radius 3 is 2.95 bits per heavy atom. The molecule has 0 amide bonds. The molecule has 0 aliphatic carbocycles. The number of nitrogens with one attached hydrogen (secondary N) is 1. The molecule has 1 aliphatic heterocycles. The first kappa shape index (κ1) is 13.2. The highest BCUT2D eigenvalue weighted by Gasteiger charge is 2.16. The van der Waals surface area contributed by atoms with Crippen molar-refractivity contribution in [3.8, 4) is 11.5 Å². The summed E-state index contributed by atoms with van der Waals surface area (Å²) in [7, 11) is 0. The Bertz CT molecular complexity index is 637. The number of benzene rings is 1. The van der Waals surface area contributed by atoms with Crippen LogP contribution >= 0.6 is 15.9 Å². The molecule has 0 unspecified atom stereocenters. The number of aromatic nitrogens is 1. The molecule has 0 radical (unpaired) electrons. The van der Waals surface area contributed by atoms with Gasteiger partial charge in [-0.25, -0.2) is 4.98 Å². The van der Waals surface area contributed by atoms with Crippen LogP contribution in [0.25, 0.3) is 0 Å². The third-order valence-corrected chi connectivity index (χ3v) is 3.43. The van der Waals surface area contributed by atoms with Crippen LogP contribution in [0.2, 0.25) is 0 Å². The van der Waals surface area contributed by atoms with E-state index in [1.807, 2.05) is 12.1 Å². The average molecular weight is 339 g/mol. The molecule has 6 heteroatoms. The lowest BCUT2D eigenvalue weighted by Crippen LogP contribution is -2.16. The highest BCUT2D eigenvalue weighted by molar-refractivity contribution is 9.10. The number of anilines is 1. The van der Waals surface area contributed by atoms with Gasteiger partial charge in [0.25, 0.3) is 0 Å². The zero-order valence-corrected chi connectivity index (χ0v) is 12.1. The summed E-state index contributed by atoms with van der Waals surface area (Å²) >= 11 is 3.46. The Morgan fingerprint density at radius 1 is 1.25 bits per heavy atom. The van der Waals surface area contributed by atoms with Crippen molar-refractivity contribution in [1.29, 1.82) is 0 Å². The molecular formula is C14H12BrFN2O2. The molecule has 0 spiro atoms. The van der Waals surface area contributed by atoms with Crippen LogP contribution in [0.1, 0.15) is 5.56 Å². The van der Waals surface area contributed by atoms with E-state index in [4.69, 9.17) is 9.47 Å². The number of rotatable bonds is 3. The third kappa shape index (κ3) is 2.85. The first-order valence-corrected chi connectivity index (χ1v) is 6.96. The molecule has 104 valence electrons. The van der Waals surface area contributed by atoms with Gasteiger partial charge in [-0.2, -0.15) is 4.39 Å². The fraction of sp³-hybridized carbons (Fsp3) is 0.214. The van der Waals surface area contributed by atoms with E-state index in [0.717, 1.165) is 21.5 Å². The van der Waals surface area contributed by atoms with Crippen LogP contribution in [0, 0.1) is 5.95 Å². The quantitative estimate of drug-likeness (QED) is 0.871. The van der Waals surface area contributed by atoms with Gasteiger partial charge in [0.1, 0.15) is 19.0 Å². The summed E-state index contributed by atoms with van der Waals surface area (Å²) in [5.74, 6) is 1.44. The van der Waals surface area contributed by atoms with E-state index in [-0.39, 0.29) is 0 Å². The minimum absolute atomic E-state index is 0.496. The molecule has 0 saturated carbocycles. The van der Waals surface area contributed by atoms with Gasteiger partial charge < -0.3 is 14.8 Å². The Balaban J connectivity index is 1.76. The van der Waals surface area contributed by atoms with E-state index in [1.165, 1.54) is 6.07 Å². The fourth-order valence-electron chi connectivity index (χ4n) is 1.97. The SMILES string of the molecule is Fc1cccc(NCc2cc(Br)c3c(c2)OCCO3)n1. The normalized spacial score (nSPS) is 13.1. The molecule has 4 nitrogen and oxygen atoms in total. The molecule has 0 fully saturated rings. The molecule has 1 aromatic carbocycles. The summed E-state index contributed by atoms with van der Waals surface area (Å²) in [6, 6.07) is 8.50. The first-order valence-electron chi connectivity index (χ1n) is 6.17. The lowest BCUT2D eigenvalue weighted by molar-refractivity contribution is 0.170. The van der Waals surface area contributed by atoms with E-state index in [0.29, 0.717) is 25.6 Å². The van der Waals surface area contributed by atoms with E-state index >= 15 is 0 Å². The van der Waals surface area contributed by atoms with Crippen molar-refractivity contribution in [3.63, 3.8) is 0 Å². The average Bonchev–Trinajstić information content (AvgIpc) is 2.45. The second-order valence-electron chi connectivity index (χ2n) is 4.30. The van der Waals surface area contributed by atoms with Gasteiger partial charge >= 0.3 is 0 Å². The zero-order chi connectivity index (χ0) is 13.9. The van der Waals surface area contributed by atoms with Gasteiger partial charge in [0.15, 0.2) is 11.5 Å². The summed E-state index contributed by atoms with van der Waals surface area (Å²) < 4.78 is 24.9. The van der Waals surface area contributed by atoms with Crippen molar-refractivity contribution >= 4 is 21.7 Å². The smallest absolute Gasteiger partial charge is 0.214 e. The molecule has 0 bridgehead atoms. The number of nitrogens with zero attached hydrogens (tertiary/aromatic N) is 1. The summed E-state index contributed by atoms with van der Waals surface area (Å²) in [5.41, 5.74) is 0.993. The van der Waals surface area contributed by atoms with Crippen LogP contribution in [0.15, 0.2) is 34.8 Å². The van der Waals surface area contributed by atoms with Crippen LogP contribution in [0.3, 0.4) is 0 Å². The van der Waals surface area contributed by atoms with E-state index < -0.39 is 5.95 Å². The van der Waals surface area contributed by atoms with Gasteiger partial charge in [-0.3, -0.25) is 0 Å². The van der Waals surface area contributed by atoms with Crippen molar-refractivity contribution in [2.24, 2.45) is 0 Å². The number of ether oxygens (including phenoxy) is 2. The Morgan fingerprint density at radius 2 is 2.10 bits per heavy atom. The maximum absolute atomic E-state index is 13.0. The number of fused-ring (bicyclic) bond motifs is 1. The molecule has 1 aliphatic rings. The van der Waals surface area contributed by atoms with Crippen molar-refractivity contribution in [3.05, 3.63) is 46.3 Å². The lowest BCUT2D eigenvalue weighted by Gasteiger charge is -2.20. The summed E-state index contributed by atoms with van der Waals surface area (Å²) in [6.07, 6.45) is 0. The Hall–Kier alpha value is -1.82. The van der Waals surface area contributed by atoms with Gasteiger partial charge in [-0.05, 0) is 45.8 Å². The molecule has 2 heterocycles. The maximum Gasteiger partial charge on any atom is 0.214 e. The molecule has 3 rings (SSSR count). The van der Waals surface area contributed by atoms with Crippen molar-refractivity contribution in [2.75, 3.05) is 18.5 Å². The standard InChI is InChI=1S/C14H12BrFN2O2/c15-10-6-9(7-11-14(10)20-5-4-19-11)8-17-13-3-1-2-12(16)18-13/h1-3,6-7H,4-5,8H2,(H,17,18). The largest absolute Gasteiger partial charge is 0.486 e. The maximum atomic E-state index is 13.0. The van der Waals surface area contributed by atoms with Gasteiger partial charge in [-0.1, -0.05) is 6.07 Å². The van der Waals surface area contributed by atoms with Crippen LogP contribution in [0.4, 0.5) is 10.2 Å². The molecule has 0 saturated heterocycles. The van der Waals surface area contributed by atoms with E-state index in [2.05, 4.69) is 26.2 Å². The van der Waals surface area contributed by atoms with Crippen molar-refractivity contribution < 1.29 is 13.9 Å². The monoisotopic (exact) mass is 338 g/mol. The van der Waals surface area contributed by atoms with Crippen LogP contribution < -0.4 is 14.8 Å². The minimum Gasteiger partial charge on any atom is -0.486 e. The van der Waals surface area contributed by atoms with Crippen LogP contribution in [-0.4, -0.2) is 18.2 Å². The number of hydrogen-bond acceptors (Lipinski definition) is 4. The van der Waals surface area contributed by atoms with Gasteiger partial charge in [-0.15, -0.1) is 0 Å². The van der Waals surface area contributed by atoms with Crippen molar-refractivity contribution in [2.45, 2.75) is 6.54 Å². The lowest BCUT2D eigenvalue weighted by atomic mass is 10.2. The topological polar surface area (TPSA) is 43.4 Å². The molecular weight excluding hydrogens is 327 g/mol. The second-order valence-corrected chi connectivity index (χ2v) is 5.16. The minimum atomic E-state index is -0.502. The highest BCUT2D eigenvalue weighted by Crippen LogP contribution is 2.38. The Kier molecular flexibility index (Phi) is 3.73. The summed E-state index contributed by atoms with van der Waals surface area (Å²) in [4.78, 5) is 3.75. The second kappa shape index (κ2) is 5.66. The fourth-order valence-corrected chi connectivity index (χ4v) is 2.57. The predicted molar refractivity (Wildman–Crippen MR) is 76.7 cm³/mol. The first-order chi connectivity index (χ1) is 9.72. The van der Waals surface area contributed by atoms with Crippen LogP contribution in [0.5, 0.6) is 11.5 Å².